The number of rotatable bonds is 6. The minimum atomic E-state index is -0.184. The molecule has 0 bridgehead atoms. The molecule has 0 aromatic heterocycles. The standard InChI is InChI=1S/C11H24N2O/c1-10(14)6-8-13(9-7-12)11-4-2-3-5-11/h10-11,14H,2-9,12H2,1H3. The van der Waals surface area contributed by atoms with Gasteiger partial charge in [-0.05, 0) is 26.2 Å². The zero-order chi connectivity index (χ0) is 10.4. The van der Waals surface area contributed by atoms with Crippen LogP contribution >= 0.6 is 0 Å². The molecule has 0 radical (unpaired) electrons. The van der Waals surface area contributed by atoms with Gasteiger partial charge in [0.1, 0.15) is 0 Å². The second-order valence-electron chi connectivity index (χ2n) is 4.40. The van der Waals surface area contributed by atoms with Crippen LogP contribution in [0.4, 0.5) is 0 Å². The largest absolute Gasteiger partial charge is 0.393 e. The fourth-order valence-corrected chi connectivity index (χ4v) is 2.26. The second-order valence-corrected chi connectivity index (χ2v) is 4.40. The highest BCUT2D eigenvalue weighted by Gasteiger charge is 2.21. The molecule has 0 aromatic carbocycles. The smallest absolute Gasteiger partial charge is 0.0524 e. The average molecular weight is 200 g/mol. The van der Waals surface area contributed by atoms with Gasteiger partial charge in [-0.25, -0.2) is 0 Å². The molecule has 0 amide bonds. The summed E-state index contributed by atoms with van der Waals surface area (Å²) in [7, 11) is 0. The zero-order valence-electron chi connectivity index (χ0n) is 9.28. The number of nitrogens with zero attached hydrogens (tertiary/aromatic N) is 1. The van der Waals surface area contributed by atoms with E-state index < -0.39 is 0 Å². The van der Waals surface area contributed by atoms with Crippen molar-refractivity contribution in [2.45, 2.75) is 51.2 Å². The van der Waals surface area contributed by atoms with E-state index in [1.807, 2.05) is 6.92 Å². The van der Waals surface area contributed by atoms with Crippen LogP contribution in [-0.4, -0.2) is 41.8 Å². The van der Waals surface area contributed by atoms with Crippen molar-refractivity contribution in [3.05, 3.63) is 0 Å². The number of aliphatic hydroxyl groups is 1. The van der Waals surface area contributed by atoms with E-state index in [0.717, 1.165) is 32.1 Å². The first-order chi connectivity index (χ1) is 6.74. The molecule has 3 nitrogen and oxygen atoms in total. The first kappa shape index (κ1) is 12.0. The Kier molecular flexibility index (Phi) is 5.45. The second kappa shape index (κ2) is 6.38. The van der Waals surface area contributed by atoms with Gasteiger partial charge in [0.25, 0.3) is 0 Å². The van der Waals surface area contributed by atoms with E-state index in [9.17, 15) is 5.11 Å². The monoisotopic (exact) mass is 200 g/mol. The lowest BCUT2D eigenvalue weighted by molar-refractivity contribution is 0.136. The van der Waals surface area contributed by atoms with E-state index in [-0.39, 0.29) is 6.10 Å². The van der Waals surface area contributed by atoms with Gasteiger partial charge < -0.3 is 10.8 Å². The van der Waals surface area contributed by atoms with Crippen molar-refractivity contribution in [3.8, 4) is 0 Å². The number of aliphatic hydroxyl groups excluding tert-OH is 1. The molecule has 14 heavy (non-hydrogen) atoms. The SMILES string of the molecule is CC(O)CCN(CCN)C1CCCC1. The number of hydrogen-bond donors (Lipinski definition) is 2. The Morgan fingerprint density at radius 2 is 2.00 bits per heavy atom. The fraction of sp³-hybridized carbons (Fsp3) is 1.00. The summed E-state index contributed by atoms with van der Waals surface area (Å²) >= 11 is 0. The Morgan fingerprint density at radius 1 is 1.36 bits per heavy atom. The third kappa shape index (κ3) is 3.95. The summed E-state index contributed by atoms with van der Waals surface area (Å²) in [4.78, 5) is 2.46. The molecule has 1 saturated carbocycles. The molecule has 0 spiro atoms. The molecule has 1 aliphatic carbocycles. The molecule has 1 atom stereocenters. The highest BCUT2D eigenvalue weighted by Crippen LogP contribution is 2.23. The van der Waals surface area contributed by atoms with Crippen LogP contribution in [0.1, 0.15) is 39.0 Å². The Balaban J connectivity index is 2.29. The average Bonchev–Trinajstić information content (AvgIpc) is 2.64. The van der Waals surface area contributed by atoms with Crippen molar-refractivity contribution in [2.24, 2.45) is 5.73 Å². The summed E-state index contributed by atoms with van der Waals surface area (Å²) in [6.45, 7) is 4.57. The van der Waals surface area contributed by atoms with Gasteiger partial charge in [0.15, 0.2) is 0 Å². The first-order valence-electron chi connectivity index (χ1n) is 5.86. The highest BCUT2D eigenvalue weighted by atomic mass is 16.3. The summed E-state index contributed by atoms with van der Waals surface area (Å²) in [6.07, 6.45) is 6.05. The number of nitrogens with two attached hydrogens (primary N) is 1. The lowest BCUT2D eigenvalue weighted by Crippen LogP contribution is -2.38. The third-order valence-corrected chi connectivity index (χ3v) is 3.09. The molecule has 0 aliphatic heterocycles. The predicted molar refractivity (Wildman–Crippen MR) is 59.2 cm³/mol. The van der Waals surface area contributed by atoms with Crippen LogP contribution in [0.25, 0.3) is 0 Å². The van der Waals surface area contributed by atoms with Crippen LogP contribution in [0.15, 0.2) is 0 Å². The molecule has 1 fully saturated rings. The van der Waals surface area contributed by atoms with Crippen LogP contribution in [-0.2, 0) is 0 Å². The van der Waals surface area contributed by atoms with Gasteiger partial charge >= 0.3 is 0 Å². The van der Waals surface area contributed by atoms with Crippen molar-refractivity contribution in [3.63, 3.8) is 0 Å². The van der Waals surface area contributed by atoms with Crippen LogP contribution < -0.4 is 5.73 Å². The van der Waals surface area contributed by atoms with Gasteiger partial charge in [0.2, 0.25) is 0 Å². The topological polar surface area (TPSA) is 49.5 Å². The maximum absolute atomic E-state index is 9.25. The minimum absolute atomic E-state index is 0.184. The van der Waals surface area contributed by atoms with Crippen molar-refractivity contribution >= 4 is 0 Å². The van der Waals surface area contributed by atoms with Gasteiger partial charge in [-0.15, -0.1) is 0 Å². The molecule has 1 aliphatic rings. The van der Waals surface area contributed by atoms with Crippen LogP contribution in [0.3, 0.4) is 0 Å². The van der Waals surface area contributed by atoms with Crippen molar-refractivity contribution in [2.75, 3.05) is 19.6 Å². The Labute approximate surface area is 87.3 Å². The van der Waals surface area contributed by atoms with E-state index in [0.29, 0.717) is 0 Å². The molecule has 3 N–H and O–H groups in total. The molecule has 3 heteroatoms. The highest BCUT2D eigenvalue weighted by molar-refractivity contribution is 4.77. The van der Waals surface area contributed by atoms with Gasteiger partial charge in [-0.1, -0.05) is 12.8 Å². The Hall–Kier alpha value is -0.120. The Morgan fingerprint density at radius 3 is 2.50 bits per heavy atom. The third-order valence-electron chi connectivity index (χ3n) is 3.09. The van der Waals surface area contributed by atoms with Crippen LogP contribution in [0.2, 0.25) is 0 Å². The molecule has 84 valence electrons. The Bertz CT molecular complexity index is 144. The van der Waals surface area contributed by atoms with Gasteiger partial charge in [0, 0.05) is 25.7 Å². The lowest BCUT2D eigenvalue weighted by Gasteiger charge is -2.28. The summed E-state index contributed by atoms with van der Waals surface area (Å²) < 4.78 is 0. The minimum Gasteiger partial charge on any atom is -0.393 e. The summed E-state index contributed by atoms with van der Waals surface area (Å²) in [5.41, 5.74) is 5.60. The summed E-state index contributed by atoms with van der Waals surface area (Å²) in [6, 6.07) is 0.734. The molecular formula is C11H24N2O. The number of hydrogen-bond acceptors (Lipinski definition) is 3. The normalized spacial score (nSPS) is 20.6. The zero-order valence-corrected chi connectivity index (χ0v) is 9.28. The molecule has 0 heterocycles. The fourth-order valence-electron chi connectivity index (χ4n) is 2.26. The van der Waals surface area contributed by atoms with Gasteiger partial charge in [-0.2, -0.15) is 0 Å². The van der Waals surface area contributed by atoms with Crippen molar-refractivity contribution in [1.82, 2.24) is 4.90 Å². The van der Waals surface area contributed by atoms with E-state index in [1.165, 1.54) is 25.7 Å². The summed E-state index contributed by atoms with van der Waals surface area (Å²) in [5, 5.41) is 9.25. The maximum Gasteiger partial charge on any atom is 0.0524 e. The molecular weight excluding hydrogens is 176 g/mol. The van der Waals surface area contributed by atoms with Crippen LogP contribution in [0.5, 0.6) is 0 Å². The van der Waals surface area contributed by atoms with Crippen LogP contribution in [0, 0.1) is 0 Å². The van der Waals surface area contributed by atoms with E-state index in [4.69, 9.17) is 5.73 Å². The molecule has 1 unspecified atom stereocenters. The molecule has 0 aromatic rings. The van der Waals surface area contributed by atoms with Crippen molar-refractivity contribution < 1.29 is 5.11 Å². The quantitative estimate of drug-likeness (QED) is 0.671. The molecule has 1 rings (SSSR count). The summed E-state index contributed by atoms with van der Waals surface area (Å²) in [5.74, 6) is 0. The van der Waals surface area contributed by atoms with Gasteiger partial charge in [0.05, 0.1) is 6.10 Å². The molecule has 0 saturated heterocycles. The maximum atomic E-state index is 9.25. The predicted octanol–water partition coefficient (Wildman–Crippen LogP) is 0.961. The van der Waals surface area contributed by atoms with E-state index in [2.05, 4.69) is 4.90 Å². The van der Waals surface area contributed by atoms with Crippen molar-refractivity contribution in [1.29, 1.82) is 0 Å². The van der Waals surface area contributed by atoms with E-state index >= 15 is 0 Å². The lowest BCUT2D eigenvalue weighted by atomic mass is 10.2. The first-order valence-corrected chi connectivity index (χ1v) is 5.86. The van der Waals surface area contributed by atoms with Gasteiger partial charge in [-0.3, -0.25) is 4.90 Å². The van der Waals surface area contributed by atoms with E-state index in [1.54, 1.807) is 0 Å².